The summed E-state index contributed by atoms with van der Waals surface area (Å²) in [6.45, 7) is 0. The van der Waals surface area contributed by atoms with E-state index in [1.54, 1.807) is 30.3 Å². The molecule has 0 amide bonds. The zero-order valence-corrected chi connectivity index (χ0v) is 14.8. The summed E-state index contributed by atoms with van der Waals surface area (Å²) < 4.78 is 32.7. The van der Waals surface area contributed by atoms with E-state index in [9.17, 15) is 18.1 Å². The minimum absolute atomic E-state index is 0.0198. The molecule has 0 bridgehead atoms. The Labute approximate surface area is 155 Å². The van der Waals surface area contributed by atoms with Gasteiger partial charge in [-0.1, -0.05) is 60.7 Å². The van der Waals surface area contributed by atoms with E-state index >= 15 is 0 Å². The van der Waals surface area contributed by atoms with Crippen molar-refractivity contribution in [1.29, 1.82) is 0 Å². The second kappa shape index (κ2) is 6.46. The molecule has 0 saturated carbocycles. The van der Waals surface area contributed by atoms with Crippen molar-refractivity contribution in [1.82, 2.24) is 0 Å². The molecule has 4 aromatic rings. The fraction of sp³-hybridized carbons (Fsp3) is 0. The minimum atomic E-state index is -4.62. The molecule has 0 radical (unpaired) electrons. The third-order valence-corrected chi connectivity index (χ3v) is 5.13. The van der Waals surface area contributed by atoms with Crippen molar-refractivity contribution in [3.8, 4) is 5.75 Å². The minimum Gasteiger partial charge on any atom is -0.504 e. The maximum atomic E-state index is 11.6. The lowest BCUT2D eigenvalue weighted by molar-refractivity contribution is 0.445. The van der Waals surface area contributed by atoms with Crippen LogP contribution in [0.4, 0.5) is 11.4 Å². The SMILES string of the molecule is O=S(=O)(O)c1cc2ccccc2c(/N=N/c2cccc3ccccc23)c1O. The predicted octanol–water partition coefficient (Wildman–Crippen LogP) is 5.36. The lowest BCUT2D eigenvalue weighted by atomic mass is 10.1. The Morgan fingerprint density at radius 2 is 1.37 bits per heavy atom. The first-order valence-corrected chi connectivity index (χ1v) is 9.51. The van der Waals surface area contributed by atoms with Gasteiger partial charge in [-0.2, -0.15) is 8.42 Å². The standard InChI is InChI=1S/C20H14N2O4S/c23-20-18(27(24,25)26)12-14-7-2-4-10-16(14)19(20)22-21-17-11-5-8-13-6-1-3-9-15(13)17/h1-12,23H,(H,24,25,26)/b22-21+. The molecule has 6 nitrogen and oxygen atoms in total. The summed E-state index contributed by atoms with van der Waals surface area (Å²) in [6, 6.07) is 21.2. The number of nitrogens with zero attached hydrogens (tertiary/aromatic N) is 2. The third kappa shape index (κ3) is 3.14. The van der Waals surface area contributed by atoms with E-state index in [4.69, 9.17) is 0 Å². The number of hydrogen-bond acceptors (Lipinski definition) is 5. The molecule has 0 fully saturated rings. The van der Waals surface area contributed by atoms with Crippen molar-refractivity contribution in [2.45, 2.75) is 4.90 Å². The summed E-state index contributed by atoms with van der Waals surface area (Å²) in [5.41, 5.74) is 0.558. The summed E-state index contributed by atoms with van der Waals surface area (Å²) in [4.78, 5) is -0.604. The molecule has 0 saturated heterocycles. The molecule has 0 aliphatic carbocycles. The van der Waals surface area contributed by atoms with Crippen molar-refractivity contribution in [2.75, 3.05) is 0 Å². The number of rotatable bonds is 3. The Balaban J connectivity index is 1.96. The Bertz CT molecular complexity index is 1310. The van der Waals surface area contributed by atoms with Crippen LogP contribution in [0.15, 0.2) is 87.9 Å². The van der Waals surface area contributed by atoms with Gasteiger partial charge in [-0.05, 0) is 22.9 Å². The van der Waals surface area contributed by atoms with Crippen LogP contribution in [0, 0.1) is 0 Å². The Morgan fingerprint density at radius 3 is 2.11 bits per heavy atom. The van der Waals surface area contributed by atoms with Crippen LogP contribution in [0.2, 0.25) is 0 Å². The molecule has 4 rings (SSSR count). The molecule has 0 heterocycles. The molecule has 4 aromatic carbocycles. The summed E-state index contributed by atoms with van der Waals surface area (Å²) in [6.07, 6.45) is 0. The number of fused-ring (bicyclic) bond motifs is 2. The highest BCUT2D eigenvalue weighted by Crippen LogP contribution is 2.41. The Hall–Kier alpha value is -3.29. The van der Waals surface area contributed by atoms with Crippen molar-refractivity contribution in [3.05, 3.63) is 72.8 Å². The van der Waals surface area contributed by atoms with Crippen LogP contribution in [-0.4, -0.2) is 18.1 Å². The molecule has 0 atom stereocenters. The van der Waals surface area contributed by atoms with Gasteiger partial charge in [-0.3, -0.25) is 4.55 Å². The van der Waals surface area contributed by atoms with Crippen LogP contribution < -0.4 is 0 Å². The first-order valence-electron chi connectivity index (χ1n) is 8.07. The number of phenolic OH excluding ortho intramolecular Hbond substituents is 1. The van der Waals surface area contributed by atoms with Gasteiger partial charge >= 0.3 is 0 Å². The van der Waals surface area contributed by atoms with E-state index in [2.05, 4.69) is 10.2 Å². The number of aromatic hydroxyl groups is 1. The van der Waals surface area contributed by atoms with Gasteiger partial charge in [0.25, 0.3) is 10.1 Å². The van der Waals surface area contributed by atoms with Gasteiger partial charge in [0.15, 0.2) is 5.75 Å². The predicted molar refractivity (Wildman–Crippen MR) is 104 cm³/mol. The van der Waals surface area contributed by atoms with E-state index in [1.807, 2.05) is 36.4 Å². The zero-order chi connectivity index (χ0) is 19.0. The Morgan fingerprint density at radius 1 is 0.741 bits per heavy atom. The van der Waals surface area contributed by atoms with Crippen LogP contribution in [-0.2, 0) is 10.1 Å². The normalized spacial score (nSPS) is 12.2. The van der Waals surface area contributed by atoms with E-state index in [-0.39, 0.29) is 5.69 Å². The van der Waals surface area contributed by atoms with Crippen molar-refractivity contribution in [2.24, 2.45) is 10.2 Å². The summed E-state index contributed by atoms with van der Waals surface area (Å²) >= 11 is 0. The highest BCUT2D eigenvalue weighted by molar-refractivity contribution is 7.86. The lowest BCUT2D eigenvalue weighted by Gasteiger charge is -2.08. The Kier molecular flexibility index (Phi) is 4.10. The van der Waals surface area contributed by atoms with Crippen LogP contribution in [0.1, 0.15) is 0 Å². The van der Waals surface area contributed by atoms with Gasteiger partial charge in [0, 0.05) is 10.8 Å². The molecule has 0 spiro atoms. The maximum absolute atomic E-state index is 11.6. The molecular formula is C20H14N2O4S. The maximum Gasteiger partial charge on any atom is 0.298 e. The smallest absolute Gasteiger partial charge is 0.298 e. The fourth-order valence-corrected chi connectivity index (χ4v) is 3.61. The monoisotopic (exact) mass is 378 g/mol. The molecule has 134 valence electrons. The number of benzene rings is 4. The summed E-state index contributed by atoms with van der Waals surface area (Å²) in [5.74, 6) is -0.639. The topological polar surface area (TPSA) is 99.3 Å². The molecule has 7 heteroatoms. The van der Waals surface area contributed by atoms with Gasteiger partial charge in [-0.25, -0.2) is 0 Å². The summed E-state index contributed by atoms with van der Waals surface area (Å²) in [5, 5.41) is 21.7. The van der Waals surface area contributed by atoms with Gasteiger partial charge in [0.1, 0.15) is 10.6 Å². The van der Waals surface area contributed by atoms with Gasteiger partial charge in [-0.15, -0.1) is 10.2 Å². The van der Waals surface area contributed by atoms with Gasteiger partial charge in [0.2, 0.25) is 0 Å². The number of phenols is 1. The van der Waals surface area contributed by atoms with E-state index in [0.29, 0.717) is 16.5 Å². The van der Waals surface area contributed by atoms with Crippen molar-refractivity contribution >= 4 is 43.0 Å². The van der Waals surface area contributed by atoms with Crippen LogP contribution >= 0.6 is 0 Å². The molecule has 0 aliphatic heterocycles. The quantitative estimate of drug-likeness (QED) is 0.370. The van der Waals surface area contributed by atoms with Crippen LogP contribution in [0.25, 0.3) is 21.5 Å². The second-order valence-electron chi connectivity index (χ2n) is 5.97. The molecule has 0 aromatic heterocycles. The van der Waals surface area contributed by atoms with E-state index in [1.165, 1.54) is 6.07 Å². The molecule has 2 N–H and O–H groups in total. The van der Waals surface area contributed by atoms with Gasteiger partial charge in [0.05, 0.1) is 5.69 Å². The lowest BCUT2D eigenvalue weighted by Crippen LogP contribution is -1.98. The summed E-state index contributed by atoms with van der Waals surface area (Å²) in [7, 11) is -4.62. The average Bonchev–Trinajstić information content (AvgIpc) is 2.66. The van der Waals surface area contributed by atoms with E-state index in [0.717, 1.165) is 10.8 Å². The van der Waals surface area contributed by atoms with Gasteiger partial charge < -0.3 is 5.11 Å². The average molecular weight is 378 g/mol. The number of azo groups is 1. The van der Waals surface area contributed by atoms with E-state index < -0.39 is 20.8 Å². The van der Waals surface area contributed by atoms with Crippen molar-refractivity contribution < 1.29 is 18.1 Å². The fourth-order valence-electron chi connectivity index (χ4n) is 2.99. The molecular weight excluding hydrogens is 364 g/mol. The third-order valence-electron chi connectivity index (χ3n) is 4.26. The zero-order valence-electron chi connectivity index (χ0n) is 13.9. The van der Waals surface area contributed by atoms with Crippen LogP contribution in [0.5, 0.6) is 5.75 Å². The number of hydrogen-bond donors (Lipinski definition) is 2. The largest absolute Gasteiger partial charge is 0.504 e. The molecule has 27 heavy (non-hydrogen) atoms. The van der Waals surface area contributed by atoms with Crippen LogP contribution in [0.3, 0.4) is 0 Å². The molecule has 0 aliphatic rings. The highest BCUT2D eigenvalue weighted by Gasteiger charge is 2.21. The molecule has 0 unspecified atom stereocenters. The van der Waals surface area contributed by atoms with Crippen molar-refractivity contribution in [3.63, 3.8) is 0 Å². The first kappa shape index (κ1) is 17.1. The second-order valence-corrected chi connectivity index (χ2v) is 7.36. The first-order chi connectivity index (χ1) is 12.9. The highest BCUT2D eigenvalue weighted by atomic mass is 32.2.